The average Bonchev–Trinajstić information content (AvgIpc) is 2.85. The van der Waals surface area contributed by atoms with Crippen LogP contribution in [0.1, 0.15) is 5.56 Å². The molecule has 5 nitrogen and oxygen atoms in total. The molecule has 3 aromatic rings. The Morgan fingerprint density at radius 2 is 1.65 bits per heavy atom. The first kappa shape index (κ1) is 16.6. The molecule has 0 atom stereocenters. The van der Waals surface area contributed by atoms with Crippen molar-refractivity contribution in [2.75, 3.05) is 22.8 Å². The van der Waals surface area contributed by atoms with Crippen molar-refractivity contribution in [2.45, 2.75) is 11.8 Å². The van der Waals surface area contributed by atoms with Gasteiger partial charge in [-0.3, -0.25) is 9.10 Å². The summed E-state index contributed by atoms with van der Waals surface area (Å²) in [4.78, 5) is 14.5. The smallest absolute Gasteiger partial charge is 0.265 e. The van der Waals surface area contributed by atoms with E-state index in [1.54, 1.807) is 25.2 Å². The number of sulfonamides is 1. The van der Waals surface area contributed by atoms with Gasteiger partial charge in [0.1, 0.15) is 6.54 Å². The Bertz CT molecular complexity index is 1120. The molecular weight excluding hydrogens is 348 g/mol. The molecule has 0 spiro atoms. The van der Waals surface area contributed by atoms with Gasteiger partial charge in [-0.25, -0.2) is 8.42 Å². The van der Waals surface area contributed by atoms with Crippen molar-refractivity contribution in [2.24, 2.45) is 0 Å². The van der Waals surface area contributed by atoms with Crippen LogP contribution in [0.4, 0.5) is 11.4 Å². The molecule has 0 unspecified atom stereocenters. The van der Waals surface area contributed by atoms with Crippen LogP contribution in [-0.2, 0) is 14.8 Å². The van der Waals surface area contributed by atoms with E-state index in [9.17, 15) is 13.2 Å². The fourth-order valence-electron chi connectivity index (χ4n) is 3.27. The topological polar surface area (TPSA) is 57.7 Å². The van der Waals surface area contributed by atoms with E-state index in [0.717, 1.165) is 16.6 Å². The molecule has 0 aromatic heterocycles. The highest BCUT2D eigenvalue weighted by atomic mass is 32.2. The van der Waals surface area contributed by atoms with Crippen molar-refractivity contribution in [1.29, 1.82) is 0 Å². The second kappa shape index (κ2) is 5.85. The summed E-state index contributed by atoms with van der Waals surface area (Å²) >= 11 is 0. The highest BCUT2D eigenvalue weighted by Gasteiger charge is 2.37. The zero-order chi connectivity index (χ0) is 18.5. The SMILES string of the molecule is Cc1ccc(N(C)C(=O)CN2c3cccc4cccc(c34)S2(=O)=O)cc1. The third-order valence-corrected chi connectivity index (χ3v) is 6.56. The quantitative estimate of drug-likeness (QED) is 0.714. The molecule has 26 heavy (non-hydrogen) atoms. The number of nitrogens with zero attached hydrogens (tertiary/aromatic N) is 2. The van der Waals surface area contributed by atoms with Crippen LogP contribution in [-0.4, -0.2) is 27.9 Å². The average molecular weight is 366 g/mol. The van der Waals surface area contributed by atoms with E-state index >= 15 is 0 Å². The minimum atomic E-state index is -3.73. The zero-order valence-corrected chi connectivity index (χ0v) is 15.3. The lowest BCUT2D eigenvalue weighted by Crippen LogP contribution is -2.40. The highest BCUT2D eigenvalue weighted by Crippen LogP contribution is 2.41. The van der Waals surface area contributed by atoms with Crippen molar-refractivity contribution in [3.8, 4) is 0 Å². The minimum Gasteiger partial charge on any atom is -0.314 e. The molecule has 3 aromatic carbocycles. The van der Waals surface area contributed by atoms with Crippen molar-refractivity contribution in [3.05, 3.63) is 66.2 Å². The number of anilines is 2. The van der Waals surface area contributed by atoms with Gasteiger partial charge < -0.3 is 4.90 Å². The second-order valence-electron chi connectivity index (χ2n) is 6.43. The van der Waals surface area contributed by atoms with Crippen molar-refractivity contribution in [1.82, 2.24) is 0 Å². The molecule has 6 heteroatoms. The first-order chi connectivity index (χ1) is 12.4. The maximum atomic E-state index is 13.0. The molecule has 0 radical (unpaired) electrons. The van der Waals surface area contributed by atoms with Gasteiger partial charge in [0.25, 0.3) is 10.0 Å². The van der Waals surface area contributed by atoms with Gasteiger partial charge in [-0.1, -0.05) is 42.0 Å². The Balaban J connectivity index is 1.70. The number of rotatable bonds is 3. The second-order valence-corrected chi connectivity index (χ2v) is 8.26. The Hall–Kier alpha value is -2.86. The number of likely N-dealkylation sites (N-methyl/N-ethyl adjacent to an activating group) is 1. The van der Waals surface area contributed by atoms with Gasteiger partial charge >= 0.3 is 0 Å². The van der Waals surface area contributed by atoms with E-state index < -0.39 is 10.0 Å². The summed E-state index contributed by atoms with van der Waals surface area (Å²) in [6.45, 7) is 1.74. The number of carbonyl (C=O) groups excluding carboxylic acids is 1. The van der Waals surface area contributed by atoms with Crippen LogP contribution < -0.4 is 9.21 Å². The van der Waals surface area contributed by atoms with Gasteiger partial charge in [0.15, 0.2) is 0 Å². The van der Waals surface area contributed by atoms with Crippen LogP contribution in [0.25, 0.3) is 10.8 Å². The molecular formula is C20H18N2O3S. The molecule has 0 saturated carbocycles. The van der Waals surface area contributed by atoms with E-state index in [1.807, 2.05) is 49.4 Å². The predicted octanol–water partition coefficient (Wildman–Crippen LogP) is 3.32. The molecule has 0 saturated heterocycles. The zero-order valence-electron chi connectivity index (χ0n) is 14.5. The van der Waals surface area contributed by atoms with Crippen molar-refractivity contribution in [3.63, 3.8) is 0 Å². The molecule has 1 amide bonds. The third-order valence-electron chi connectivity index (χ3n) is 4.76. The summed E-state index contributed by atoms with van der Waals surface area (Å²) in [5, 5.41) is 1.53. The molecule has 1 heterocycles. The highest BCUT2D eigenvalue weighted by molar-refractivity contribution is 7.93. The Kier molecular flexibility index (Phi) is 3.73. The first-order valence-corrected chi connectivity index (χ1v) is 9.71. The molecule has 1 aliphatic rings. The van der Waals surface area contributed by atoms with Gasteiger partial charge in [-0.2, -0.15) is 0 Å². The lowest BCUT2D eigenvalue weighted by molar-refractivity contribution is -0.116. The van der Waals surface area contributed by atoms with Gasteiger partial charge in [-0.05, 0) is 36.6 Å². The number of amides is 1. The standard InChI is InChI=1S/C20H18N2O3S/c1-14-9-11-16(12-10-14)21(2)19(23)13-22-17-7-3-5-15-6-4-8-18(20(15)17)26(22,24)25/h3-12H,13H2,1-2H3. The van der Waals surface area contributed by atoms with Gasteiger partial charge in [0, 0.05) is 18.1 Å². The maximum Gasteiger partial charge on any atom is 0.265 e. The monoisotopic (exact) mass is 366 g/mol. The maximum absolute atomic E-state index is 13.0. The number of carbonyl (C=O) groups is 1. The number of hydrogen-bond acceptors (Lipinski definition) is 3. The van der Waals surface area contributed by atoms with Gasteiger partial charge in [-0.15, -0.1) is 0 Å². The summed E-state index contributed by atoms with van der Waals surface area (Å²) in [6, 6.07) is 18.2. The van der Waals surface area contributed by atoms with Crippen LogP contribution in [0.5, 0.6) is 0 Å². The Morgan fingerprint density at radius 1 is 1.00 bits per heavy atom. The summed E-state index contributed by atoms with van der Waals surface area (Å²) in [6.07, 6.45) is 0. The van der Waals surface area contributed by atoms with Crippen LogP contribution in [0.15, 0.2) is 65.6 Å². The number of benzene rings is 3. The van der Waals surface area contributed by atoms with E-state index in [4.69, 9.17) is 0 Å². The molecule has 0 fully saturated rings. The molecule has 1 aliphatic heterocycles. The third kappa shape index (κ3) is 2.45. The van der Waals surface area contributed by atoms with E-state index in [1.165, 1.54) is 9.21 Å². The van der Waals surface area contributed by atoms with Crippen LogP contribution >= 0.6 is 0 Å². The number of aryl methyl sites for hydroxylation is 1. The van der Waals surface area contributed by atoms with Crippen molar-refractivity contribution < 1.29 is 13.2 Å². The summed E-state index contributed by atoms with van der Waals surface area (Å²) < 4.78 is 27.1. The lowest BCUT2D eigenvalue weighted by Gasteiger charge is -2.23. The molecule has 0 aliphatic carbocycles. The number of hydrogen-bond donors (Lipinski definition) is 0. The predicted molar refractivity (Wildman–Crippen MR) is 103 cm³/mol. The fourth-order valence-corrected chi connectivity index (χ4v) is 4.93. The van der Waals surface area contributed by atoms with Crippen LogP contribution in [0, 0.1) is 6.92 Å². The summed E-state index contributed by atoms with van der Waals surface area (Å²) in [7, 11) is -2.07. The largest absolute Gasteiger partial charge is 0.314 e. The van der Waals surface area contributed by atoms with E-state index in [0.29, 0.717) is 11.1 Å². The van der Waals surface area contributed by atoms with E-state index in [2.05, 4.69) is 0 Å². The first-order valence-electron chi connectivity index (χ1n) is 8.27. The molecule has 132 valence electrons. The van der Waals surface area contributed by atoms with Crippen LogP contribution in [0.3, 0.4) is 0 Å². The lowest BCUT2D eigenvalue weighted by atomic mass is 10.1. The minimum absolute atomic E-state index is 0.236. The molecule has 0 bridgehead atoms. The van der Waals surface area contributed by atoms with Gasteiger partial charge in [0.05, 0.1) is 10.6 Å². The molecule has 0 N–H and O–H groups in total. The van der Waals surface area contributed by atoms with E-state index in [-0.39, 0.29) is 17.3 Å². The Labute approximate surface area is 152 Å². The summed E-state index contributed by atoms with van der Waals surface area (Å²) in [5.74, 6) is -0.290. The summed E-state index contributed by atoms with van der Waals surface area (Å²) in [5.41, 5.74) is 2.38. The van der Waals surface area contributed by atoms with Crippen molar-refractivity contribution >= 4 is 38.1 Å². The Morgan fingerprint density at radius 3 is 2.35 bits per heavy atom. The van der Waals surface area contributed by atoms with Crippen LogP contribution in [0.2, 0.25) is 0 Å². The molecule has 4 rings (SSSR count). The fraction of sp³-hybridized carbons (Fsp3) is 0.150. The van der Waals surface area contributed by atoms with Gasteiger partial charge in [0.2, 0.25) is 5.91 Å². The normalized spacial score (nSPS) is 14.6.